The fourth-order valence-electron chi connectivity index (χ4n) is 0.876. The van der Waals surface area contributed by atoms with Crippen LogP contribution in [0.25, 0.3) is 0 Å². The molecule has 1 aromatic rings. The molecule has 0 saturated carbocycles. The number of ether oxygens (including phenoxy) is 2. The molecular formula is C8H7BrF2O2. The van der Waals surface area contributed by atoms with Gasteiger partial charge in [0.15, 0.2) is 11.5 Å². The van der Waals surface area contributed by atoms with Crippen molar-refractivity contribution in [3.63, 3.8) is 0 Å². The first-order valence-corrected chi connectivity index (χ1v) is 4.21. The lowest BCUT2D eigenvalue weighted by Crippen LogP contribution is -2.03. The summed E-state index contributed by atoms with van der Waals surface area (Å²) >= 11 is 3.15. The van der Waals surface area contributed by atoms with Gasteiger partial charge in [0.05, 0.1) is 11.6 Å². The number of methoxy groups -OCH3 is 1. The Kier molecular flexibility index (Phi) is 3.48. The largest absolute Gasteiger partial charge is 0.492 e. The second kappa shape index (κ2) is 4.41. The fourth-order valence-corrected chi connectivity index (χ4v) is 1.39. The Hall–Kier alpha value is -0.840. The number of para-hydroxylation sites is 1. The Morgan fingerprint density at radius 3 is 2.62 bits per heavy atom. The molecule has 0 heterocycles. The van der Waals surface area contributed by atoms with Gasteiger partial charge in [0.2, 0.25) is 0 Å². The fraction of sp³-hybridized carbons (Fsp3) is 0.250. The lowest BCUT2D eigenvalue weighted by atomic mass is 10.3. The summed E-state index contributed by atoms with van der Waals surface area (Å²) in [5.74, 6) is 0.287. The second-order valence-corrected chi connectivity index (χ2v) is 3.00. The van der Waals surface area contributed by atoms with Crippen LogP contribution in [0.1, 0.15) is 0 Å². The van der Waals surface area contributed by atoms with E-state index < -0.39 is 6.61 Å². The summed E-state index contributed by atoms with van der Waals surface area (Å²) in [5.41, 5.74) is 0. The van der Waals surface area contributed by atoms with Crippen molar-refractivity contribution < 1.29 is 18.3 Å². The van der Waals surface area contributed by atoms with E-state index in [1.165, 1.54) is 13.2 Å². The molecule has 0 bridgehead atoms. The van der Waals surface area contributed by atoms with Crippen LogP contribution >= 0.6 is 15.9 Å². The van der Waals surface area contributed by atoms with Crippen molar-refractivity contribution >= 4 is 15.9 Å². The Labute approximate surface area is 82.6 Å². The van der Waals surface area contributed by atoms with E-state index in [-0.39, 0.29) is 11.5 Å². The Bertz CT molecular complexity index is 291. The average Bonchev–Trinajstić information content (AvgIpc) is 2.03. The van der Waals surface area contributed by atoms with Gasteiger partial charge in [0, 0.05) is 0 Å². The maximum Gasteiger partial charge on any atom is 0.387 e. The zero-order chi connectivity index (χ0) is 9.84. The summed E-state index contributed by atoms with van der Waals surface area (Å²) in [6, 6.07) is 4.68. The molecule has 0 aliphatic carbocycles. The number of rotatable bonds is 3. The molecule has 0 saturated heterocycles. The number of alkyl halides is 2. The van der Waals surface area contributed by atoms with Crippen molar-refractivity contribution in [1.82, 2.24) is 0 Å². The molecule has 0 aliphatic rings. The third-order valence-electron chi connectivity index (χ3n) is 1.35. The van der Waals surface area contributed by atoms with Crippen molar-refractivity contribution in [1.29, 1.82) is 0 Å². The van der Waals surface area contributed by atoms with Gasteiger partial charge in [-0.15, -0.1) is 0 Å². The number of benzene rings is 1. The van der Waals surface area contributed by atoms with Gasteiger partial charge in [-0.1, -0.05) is 6.07 Å². The highest BCUT2D eigenvalue weighted by molar-refractivity contribution is 9.10. The lowest BCUT2D eigenvalue weighted by molar-refractivity contribution is -0.0512. The summed E-state index contributed by atoms with van der Waals surface area (Å²) in [7, 11) is 1.39. The predicted octanol–water partition coefficient (Wildman–Crippen LogP) is 3.06. The first-order chi connectivity index (χ1) is 6.15. The lowest BCUT2D eigenvalue weighted by Gasteiger charge is -2.10. The molecule has 72 valence electrons. The minimum atomic E-state index is -2.84. The first kappa shape index (κ1) is 10.2. The molecule has 1 aromatic carbocycles. The molecule has 0 fully saturated rings. The summed E-state index contributed by atoms with van der Waals surface area (Å²) in [6.07, 6.45) is 0. The molecule has 0 N–H and O–H groups in total. The molecule has 13 heavy (non-hydrogen) atoms. The van der Waals surface area contributed by atoms with Gasteiger partial charge >= 0.3 is 6.61 Å². The van der Waals surface area contributed by atoms with Crippen LogP contribution in [0, 0.1) is 0 Å². The van der Waals surface area contributed by atoms with Crippen molar-refractivity contribution in [3.8, 4) is 11.5 Å². The highest BCUT2D eigenvalue weighted by Crippen LogP contribution is 2.35. The average molecular weight is 253 g/mol. The molecule has 0 radical (unpaired) electrons. The van der Waals surface area contributed by atoms with Crippen LogP contribution in [0.4, 0.5) is 8.78 Å². The molecule has 0 spiro atoms. The highest BCUT2D eigenvalue weighted by Gasteiger charge is 2.11. The van der Waals surface area contributed by atoms with Gasteiger partial charge in [-0.25, -0.2) is 0 Å². The predicted molar refractivity (Wildman–Crippen MR) is 47.3 cm³/mol. The summed E-state index contributed by atoms with van der Waals surface area (Å²) < 4.78 is 33.4. The van der Waals surface area contributed by atoms with Crippen LogP contribution in [-0.2, 0) is 0 Å². The van der Waals surface area contributed by atoms with Crippen LogP contribution in [0.15, 0.2) is 22.7 Å². The Morgan fingerprint density at radius 2 is 2.08 bits per heavy atom. The standard InChI is InChI=1S/C8H7BrF2O2/c1-12-7-5(9)3-2-4-6(7)13-8(10)11/h2-4,8H,1H3. The second-order valence-electron chi connectivity index (χ2n) is 2.15. The van der Waals surface area contributed by atoms with Crippen molar-refractivity contribution in [2.24, 2.45) is 0 Å². The van der Waals surface area contributed by atoms with Crippen LogP contribution in [0.5, 0.6) is 11.5 Å². The SMILES string of the molecule is COc1c(Br)cccc1OC(F)F. The van der Waals surface area contributed by atoms with E-state index in [1.54, 1.807) is 12.1 Å². The zero-order valence-electron chi connectivity index (χ0n) is 6.76. The smallest absolute Gasteiger partial charge is 0.387 e. The molecule has 0 aliphatic heterocycles. The highest BCUT2D eigenvalue weighted by atomic mass is 79.9. The van der Waals surface area contributed by atoms with Crippen LogP contribution < -0.4 is 9.47 Å². The van der Waals surface area contributed by atoms with Crippen LogP contribution in [-0.4, -0.2) is 13.7 Å². The summed E-state index contributed by atoms with van der Waals surface area (Å²) in [6.45, 7) is -2.84. The summed E-state index contributed by atoms with van der Waals surface area (Å²) in [5, 5.41) is 0. The minimum Gasteiger partial charge on any atom is -0.492 e. The molecule has 0 amide bonds. The first-order valence-electron chi connectivity index (χ1n) is 3.42. The van der Waals surface area contributed by atoms with E-state index in [0.29, 0.717) is 4.47 Å². The van der Waals surface area contributed by atoms with Gasteiger partial charge in [-0.3, -0.25) is 0 Å². The molecule has 1 rings (SSSR count). The van der Waals surface area contributed by atoms with E-state index in [1.807, 2.05) is 0 Å². The molecular weight excluding hydrogens is 246 g/mol. The van der Waals surface area contributed by atoms with Gasteiger partial charge in [0.1, 0.15) is 0 Å². The third kappa shape index (κ3) is 2.55. The molecule has 0 atom stereocenters. The monoisotopic (exact) mass is 252 g/mol. The van der Waals surface area contributed by atoms with E-state index in [2.05, 4.69) is 20.7 Å². The zero-order valence-corrected chi connectivity index (χ0v) is 8.35. The van der Waals surface area contributed by atoms with Gasteiger partial charge < -0.3 is 9.47 Å². The molecule has 2 nitrogen and oxygen atoms in total. The maximum atomic E-state index is 11.9. The Morgan fingerprint density at radius 1 is 1.38 bits per heavy atom. The Balaban J connectivity index is 2.98. The quantitative estimate of drug-likeness (QED) is 0.824. The normalized spacial score (nSPS) is 10.2. The minimum absolute atomic E-state index is 0.0203. The van der Waals surface area contributed by atoms with E-state index in [9.17, 15) is 8.78 Å². The number of hydrogen-bond donors (Lipinski definition) is 0. The van der Waals surface area contributed by atoms with Crippen molar-refractivity contribution in [3.05, 3.63) is 22.7 Å². The van der Waals surface area contributed by atoms with Crippen molar-refractivity contribution in [2.45, 2.75) is 6.61 Å². The van der Waals surface area contributed by atoms with E-state index in [0.717, 1.165) is 0 Å². The van der Waals surface area contributed by atoms with E-state index in [4.69, 9.17) is 4.74 Å². The third-order valence-corrected chi connectivity index (χ3v) is 1.98. The molecule has 0 aromatic heterocycles. The van der Waals surface area contributed by atoms with E-state index >= 15 is 0 Å². The van der Waals surface area contributed by atoms with Gasteiger partial charge in [-0.2, -0.15) is 8.78 Å². The van der Waals surface area contributed by atoms with Crippen molar-refractivity contribution in [2.75, 3.05) is 7.11 Å². The van der Waals surface area contributed by atoms with Crippen LogP contribution in [0.3, 0.4) is 0 Å². The summed E-state index contributed by atoms with van der Waals surface area (Å²) in [4.78, 5) is 0. The number of hydrogen-bond acceptors (Lipinski definition) is 2. The molecule has 5 heteroatoms. The maximum absolute atomic E-state index is 11.9. The van der Waals surface area contributed by atoms with Crippen LogP contribution in [0.2, 0.25) is 0 Å². The number of halogens is 3. The van der Waals surface area contributed by atoms with Gasteiger partial charge in [0.25, 0.3) is 0 Å². The van der Waals surface area contributed by atoms with Gasteiger partial charge in [-0.05, 0) is 28.1 Å². The topological polar surface area (TPSA) is 18.5 Å². The molecule has 0 unspecified atom stereocenters.